The van der Waals surface area contributed by atoms with E-state index in [1.807, 2.05) is 62.6 Å². The number of pyridine rings is 2. The average molecular weight is 418 g/mol. The maximum absolute atomic E-state index is 9.48. The number of aryl methyl sites for hydroxylation is 1. The third kappa shape index (κ3) is 4.82. The topological polar surface area (TPSA) is 83.0 Å². The quantitative estimate of drug-likeness (QED) is 0.398. The van der Waals surface area contributed by atoms with Gasteiger partial charge in [0.05, 0.1) is 16.6 Å². The molecule has 0 saturated carbocycles. The summed E-state index contributed by atoms with van der Waals surface area (Å²) >= 11 is 1.63. The number of thiazole rings is 1. The van der Waals surface area contributed by atoms with Gasteiger partial charge in [-0.05, 0) is 67.9 Å². The lowest BCUT2D eigenvalue weighted by Crippen LogP contribution is -2.18. The minimum absolute atomic E-state index is 0.0890. The number of phenols is 1. The van der Waals surface area contributed by atoms with Crippen molar-refractivity contribution in [3.8, 4) is 16.3 Å². The predicted octanol–water partition coefficient (Wildman–Crippen LogP) is 4.86. The van der Waals surface area contributed by atoms with E-state index in [1.54, 1.807) is 29.7 Å². The fourth-order valence-corrected chi connectivity index (χ4v) is 4.12. The molecule has 0 fully saturated rings. The van der Waals surface area contributed by atoms with Gasteiger partial charge in [-0.25, -0.2) is 15.0 Å². The van der Waals surface area contributed by atoms with Crippen LogP contribution in [0.25, 0.3) is 10.6 Å². The Morgan fingerprint density at radius 2 is 1.87 bits per heavy atom. The maximum atomic E-state index is 9.48. The summed E-state index contributed by atoms with van der Waals surface area (Å²) in [5, 5.41) is 17.1. The summed E-state index contributed by atoms with van der Waals surface area (Å²) < 4.78 is 0. The molecule has 4 aromatic rings. The van der Waals surface area contributed by atoms with Crippen LogP contribution in [0, 0.1) is 6.92 Å². The highest BCUT2D eigenvalue weighted by Crippen LogP contribution is 2.30. The molecule has 4 rings (SSSR count). The Balaban J connectivity index is 1.52. The van der Waals surface area contributed by atoms with Crippen LogP contribution in [-0.4, -0.2) is 27.1 Å². The maximum Gasteiger partial charge on any atom is 0.132 e. The first-order valence-electron chi connectivity index (χ1n) is 9.69. The number of anilines is 2. The number of nitrogens with one attached hydrogen (secondary N) is 2. The van der Waals surface area contributed by atoms with Crippen LogP contribution in [0.2, 0.25) is 0 Å². The van der Waals surface area contributed by atoms with Crippen molar-refractivity contribution in [2.45, 2.75) is 19.4 Å². The second-order valence-electron chi connectivity index (χ2n) is 7.03. The zero-order valence-electron chi connectivity index (χ0n) is 16.8. The zero-order valence-corrected chi connectivity index (χ0v) is 17.6. The highest BCUT2D eigenvalue weighted by molar-refractivity contribution is 7.15. The van der Waals surface area contributed by atoms with Crippen molar-refractivity contribution in [3.05, 3.63) is 83.1 Å². The third-order valence-electron chi connectivity index (χ3n) is 4.72. The molecule has 3 heterocycles. The van der Waals surface area contributed by atoms with Gasteiger partial charge in [-0.15, -0.1) is 11.3 Å². The highest BCUT2D eigenvalue weighted by Gasteiger charge is 2.16. The standard InChI is InChI=1S/C23H23N5OS/c1-15-10-11-25-22(12-15)28-21-5-3-4-18(27-21)20-14-26-23(30-20)19(24-2)13-16-6-8-17(29)9-7-16/h3-12,14,19,24,29H,13H2,1-2H3,(H,25,27,28)/t19-/m0/s1. The van der Waals surface area contributed by atoms with Gasteiger partial charge < -0.3 is 15.7 Å². The van der Waals surface area contributed by atoms with Crippen molar-refractivity contribution in [3.63, 3.8) is 0 Å². The Bertz CT molecular complexity index is 1130. The van der Waals surface area contributed by atoms with E-state index in [4.69, 9.17) is 4.98 Å². The molecule has 3 N–H and O–H groups in total. The SMILES string of the molecule is CN[C@@H](Cc1ccc(O)cc1)c1ncc(-c2cccc(Nc3cc(C)ccn3)n2)s1. The van der Waals surface area contributed by atoms with Gasteiger partial charge in [0, 0.05) is 12.4 Å². The molecule has 0 bridgehead atoms. The second kappa shape index (κ2) is 9.02. The van der Waals surface area contributed by atoms with Crippen molar-refractivity contribution < 1.29 is 5.11 Å². The minimum Gasteiger partial charge on any atom is -0.508 e. The Morgan fingerprint density at radius 1 is 1.03 bits per heavy atom. The number of phenolic OH excluding ortho intramolecular Hbond substituents is 1. The highest BCUT2D eigenvalue weighted by atomic mass is 32.1. The molecular formula is C23H23N5OS. The van der Waals surface area contributed by atoms with E-state index in [0.29, 0.717) is 0 Å². The average Bonchev–Trinajstić information content (AvgIpc) is 3.24. The minimum atomic E-state index is 0.0890. The molecule has 0 aliphatic rings. The summed E-state index contributed by atoms with van der Waals surface area (Å²) in [7, 11) is 1.93. The molecule has 0 aliphatic carbocycles. The normalized spacial score (nSPS) is 11.9. The van der Waals surface area contributed by atoms with Gasteiger partial charge in [-0.2, -0.15) is 0 Å². The number of aromatic hydroxyl groups is 1. The largest absolute Gasteiger partial charge is 0.508 e. The zero-order chi connectivity index (χ0) is 20.9. The first-order valence-corrected chi connectivity index (χ1v) is 10.5. The van der Waals surface area contributed by atoms with E-state index in [-0.39, 0.29) is 11.8 Å². The molecule has 0 spiro atoms. The number of rotatable bonds is 7. The molecule has 1 aromatic carbocycles. The van der Waals surface area contributed by atoms with Crippen LogP contribution >= 0.6 is 11.3 Å². The van der Waals surface area contributed by atoms with Crippen molar-refractivity contribution in [2.75, 3.05) is 12.4 Å². The monoisotopic (exact) mass is 417 g/mol. The molecule has 0 unspecified atom stereocenters. The second-order valence-corrected chi connectivity index (χ2v) is 8.09. The van der Waals surface area contributed by atoms with Crippen molar-refractivity contribution in [1.82, 2.24) is 20.3 Å². The number of nitrogens with zero attached hydrogens (tertiary/aromatic N) is 3. The molecule has 152 valence electrons. The Kier molecular flexibility index (Phi) is 6.02. The van der Waals surface area contributed by atoms with Crippen LogP contribution in [-0.2, 0) is 6.42 Å². The summed E-state index contributed by atoms with van der Waals surface area (Å²) in [6.07, 6.45) is 4.44. The molecule has 3 aromatic heterocycles. The lowest BCUT2D eigenvalue weighted by atomic mass is 10.1. The van der Waals surface area contributed by atoms with Gasteiger partial charge in [0.15, 0.2) is 0 Å². The molecule has 0 saturated heterocycles. The number of hydrogen-bond donors (Lipinski definition) is 3. The summed E-state index contributed by atoms with van der Waals surface area (Å²) in [6, 6.07) is 17.2. The van der Waals surface area contributed by atoms with E-state index in [9.17, 15) is 5.11 Å². The van der Waals surface area contributed by atoms with Gasteiger partial charge in [-0.1, -0.05) is 18.2 Å². The number of aromatic nitrogens is 3. The van der Waals surface area contributed by atoms with Gasteiger partial charge in [0.2, 0.25) is 0 Å². The van der Waals surface area contributed by atoms with E-state index >= 15 is 0 Å². The number of likely N-dealkylation sites (N-methyl/N-ethyl adjacent to an activating group) is 1. The van der Waals surface area contributed by atoms with E-state index < -0.39 is 0 Å². The summed E-state index contributed by atoms with van der Waals surface area (Å²) in [4.78, 5) is 14.7. The van der Waals surface area contributed by atoms with E-state index in [2.05, 4.69) is 20.6 Å². The molecule has 6 nitrogen and oxygen atoms in total. The van der Waals surface area contributed by atoms with Crippen LogP contribution < -0.4 is 10.6 Å². The van der Waals surface area contributed by atoms with Crippen LogP contribution in [0.5, 0.6) is 5.75 Å². The molecule has 1 atom stereocenters. The molecule has 0 aliphatic heterocycles. The van der Waals surface area contributed by atoms with Gasteiger partial charge in [-0.3, -0.25) is 0 Å². The Hall–Kier alpha value is -3.29. The fraction of sp³-hybridized carbons (Fsp3) is 0.174. The molecule has 0 radical (unpaired) electrons. The summed E-state index contributed by atoms with van der Waals surface area (Å²) in [6.45, 7) is 2.03. The summed E-state index contributed by atoms with van der Waals surface area (Å²) in [5.74, 6) is 1.79. The molecule has 30 heavy (non-hydrogen) atoms. The Labute approximate surface area is 179 Å². The van der Waals surface area contributed by atoms with E-state index in [1.165, 1.54) is 0 Å². The van der Waals surface area contributed by atoms with Crippen LogP contribution in [0.15, 0.2) is 67.0 Å². The van der Waals surface area contributed by atoms with Crippen molar-refractivity contribution in [1.29, 1.82) is 0 Å². The van der Waals surface area contributed by atoms with E-state index in [0.717, 1.165) is 44.8 Å². The Morgan fingerprint density at radius 3 is 2.63 bits per heavy atom. The third-order valence-corrected chi connectivity index (χ3v) is 5.85. The summed E-state index contributed by atoms with van der Waals surface area (Å²) in [5.41, 5.74) is 3.15. The lowest BCUT2D eigenvalue weighted by Gasteiger charge is -2.13. The van der Waals surface area contributed by atoms with Crippen molar-refractivity contribution in [2.24, 2.45) is 0 Å². The number of benzene rings is 1. The first kappa shape index (κ1) is 20.0. The van der Waals surface area contributed by atoms with Gasteiger partial charge >= 0.3 is 0 Å². The number of hydrogen-bond acceptors (Lipinski definition) is 7. The van der Waals surface area contributed by atoms with Gasteiger partial charge in [0.1, 0.15) is 22.4 Å². The van der Waals surface area contributed by atoms with Crippen LogP contribution in [0.4, 0.5) is 11.6 Å². The molecular weight excluding hydrogens is 394 g/mol. The predicted molar refractivity (Wildman–Crippen MR) is 121 cm³/mol. The molecule has 7 heteroatoms. The molecule has 0 amide bonds. The van der Waals surface area contributed by atoms with Gasteiger partial charge in [0.25, 0.3) is 0 Å². The lowest BCUT2D eigenvalue weighted by molar-refractivity contribution is 0.475. The fourth-order valence-electron chi connectivity index (χ4n) is 3.13. The van der Waals surface area contributed by atoms with Crippen LogP contribution in [0.3, 0.4) is 0 Å². The smallest absolute Gasteiger partial charge is 0.132 e. The van der Waals surface area contributed by atoms with Crippen LogP contribution in [0.1, 0.15) is 22.2 Å². The van der Waals surface area contributed by atoms with Crippen molar-refractivity contribution >= 4 is 23.0 Å². The first-order chi connectivity index (χ1) is 14.6.